The number of benzene rings is 1. The maximum Gasteiger partial charge on any atom is 0.227 e. The maximum atomic E-state index is 12.5. The molecule has 6 heteroatoms. The van der Waals surface area contributed by atoms with Gasteiger partial charge < -0.3 is 15.0 Å². The SMILES string of the molecule is O=C(C1CCNC1)N1CCCC(Oc2ccc(Cl)c(Cl)c2)C1. The molecular weight excluding hydrogens is 323 g/mol. The first-order valence-electron chi connectivity index (χ1n) is 7.74. The highest BCUT2D eigenvalue weighted by molar-refractivity contribution is 6.42. The van der Waals surface area contributed by atoms with Gasteiger partial charge in [0, 0.05) is 19.2 Å². The molecule has 1 amide bonds. The number of nitrogens with one attached hydrogen (secondary N) is 1. The van der Waals surface area contributed by atoms with Crippen LogP contribution in [0.2, 0.25) is 10.0 Å². The van der Waals surface area contributed by atoms with Gasteiger partial charge in [-0.15, -0.1) is 0 Å². The van der Waals surface area contributed by atoms with Gasteiger partial charge in [-0.05, 0) is 37.9 Å². The molecular formula is C16H20Cl2N2O2. The first-order valence-corrected chi connectivity index (χ1v) is 8.50. The van der Waals surface area contributed by atoms with Crippen molar-refractivity contribution in [2.24, 2.45) is 5.92 Å². The minimum absolute atomic E-state index is 0.0179. The Morgan fingerprint density at radius 2 is 2.14 bits per heavy atom. The lowest BCUT2D eigenvalue weighted by Gasteiger charge is -2.34. The molecule has 22 heavy (non-hydrogen) atoms. The van der Waals surface area contributed by atoms with Gasteiger partial charge in [-0.1, -0.05) is 23.2 Å². The number of carbonyl (C=O) groups excluding carboxylic acids is 1. The molecule has 2 aliphatic rings. The van der Waals surface area contributed by atoms with Crippen molar-refractivity contribution in [3.8, 4) is 5.75 Å². The zero-order chi connectivity index (χ0) is 15.5. The zero-order valence-corrected chi connectivity index (χ0v) is 13.9. The fourth-order valence-electron chi connectivity index (χ4n) is 3.10. The number of likely N-dealkylation sites (tertiary alicyclic amines) is 1. The average Bonchev–Trinajstić information content (AvgIpc) is 3.05. The smallest absolute Gasteiger partial charge is 0.227 e. The van der Waals surface area contributed by atoms with E-state index in [1.807, 2.05) is 11.0 Å². The molecule has 2 aliphatic heterocycles. The Kier molecular flexibility index (Phi) is 5.11. The van der Waals surface area contributed by atoms with Gasteiger partial charge in [-0.2, -0.15) is 0 Å². The highest BCUT2D eigenvalue weighted by Gasteiger charge is 2.31. The minimum atomic E-state index is 0.0179. The van der Waals surface area contributed by atoms with Crippen LogP contribution in [0.4, 0.5) is 0 Å². The molecule has 4 nitrogen and oxygen atoms in total. The predicted molar refractivity (Wildman–Crippen MR) is 87.7 cm³/mol. The topological polar surface area (TPSA) is 41.6 Å². The van der Waals surface area contributed by atoms with Gasteiger partial charge in [0.15, 0.2) is 0 Å². The van der Waals surface area contributed by atoms with Gasteiger partial charge in [0.1, 0.15) is 11.9 Å². The first kappa shape index (κ1) is 15.9. The van der Waals surface area contributed by atoms with Crippen LogP contribution in [0.5, 0.6) is 5.75 Å². The number of hydrogen-bond acceptors (Lipinski definition) is 3. The Balaban J connectivity index is 1.60. The quantitative estimate of drug-likeness (QED) is 0.918. The van der Waals surface area contributed by atoms with Gasteiger partial charge in [-0.25, -0.2) is 0 Å². The summed E-state index contributed by atoms with van der Waals surface area (Å²) in [6.45, 7) is 3.22. The second kappa shape index (κ2) is 7.07. The molecule has 0 radical (unpaired) electrons. The van der Waals surface area contributed by atoms with E-state index in [1.54, 1.807) is 12.1 Å². The van der Waals surface area contributed by atoms with Crippen LogP contribution in [0.25, 0.3) is 0 Å². The number of nitrogens with zero attached hydrogens (tertiary/aromatic N) is 1. The largest absolute Gasteiger partial charge is 0.489 e. The number of piperidine rings is 1. The summed E-state index contributed by atoms with van der Waals surface area (Å²) in [6, 6.07) is 5.27. The monoisotopic (exact) mass is 342 g/mol. The van der Waals surface area contributed by atoms with Crippen LogP contribution in [-0.2, 0) is 4.79 Å². The van der Waals surface area contributed by atoms with E-state index < -0.39 is 0 Å². The van der Waals surface area contributed by atoms with E-state index in [0.717, 1.165) is 38.9 Å². The fraction of sp³-hybridized carbons (Fsp3) is 0.562. The average molecular weight is 343 g/mol. The second-order valence-corrected chi connectivity index (χ2v) is 6.75. The molecule has 2 saturated heterocycles. The third kappa shape index (κ3) is 3.67. The number of amides is 1. The van der Waals surface area contributed by atoms with Gasteiger partial charge in [0.2, 0.25) is 5.91 Å². The van der Waals surface area contributed by atoms with Crippen molar-refractivity contribution < 1.29 is 9.53 Å². The lowest BCUT2D eigenvalue weighted by atomic mass is 10.0. The van der Waals surface area contributed by atoms with E-state index in [0.29, 0.717) is 22.3 Å². The van der Waals surface area contributed by atoms with Crippen molar-refractivity contribution in [2.75, 3.05) is 26.2 Å². The molecule has 2 heterocycles. The van der Waals surface area contributed by atoms with E-state index in [-0.39, 0.29) is 17.9 Å². The molecule has 0 bridgehead atoms. The number of hydrogen-bond donors (Lipinski definition) is 1. The summed E-state index contributed by atoms with van der Waals surface area (Å²) in [6.07, 6.45) is 2.88. The van der Waals surface area contributed by atoms with Crippen LogP contribution in [0.15, 0.2) is 18.2 Å². The summed E-state index contributed by atoms with van der Waals surface area (Å²) in [7, 11) is 0. The number of carbonyl (C=O) groups is 1. The standard InChI is InChI=1S/C16H20Cl2N2O2/c17-14-4-3-12(8-15(14)18)22-13-2-1-7-20(10-13)16(21)11-5-6-19-9-11/h3-4,8,11,13,19H,1-2,5-7,9-10H2. The van der Waals surface area contributed by atoms with Gasteiger partial charge in [-0.3, -0.25) is 4.79 Å². The summed E-state index contributed by atoms with van der Waals surface area (Å²) >= 11 is 11.9. The third-order valence-corrected chi connectivity index (χ3v) is 5.03. The molecule has 0 aliphatic carbocycles. The van der Waals surface area contributed by atoms with Crippen molar-refractivity contribution in [2.45, 2.75) is 25.4 Å². The maximum absolute atomic E-state index is 12.5. The third-order valence-electron chi connectivity index (χ3n) is 4.29. The van der Waals surface area contributed by atoms with E-state index in [2.05, 4.69) is 5.32 Å². The number of halogens is 2. The lowest BCUT2D eigenvalue weighted by Crippen LogP contribution is -2.47. The Morgan fingerprint density at radius 3 is 2.86 bits per heavy atom. The van der Waals surface area contributed by atoms with Gasteiger partial charge in [0.05, 0.1) is 22.5 Å². The Bertz CT molecular complexity index is 547. The zero-order valence-electron chi connectivity index (χ0n) is 12.4. The molecule has 1 N–H and O–H groups in total. The van der Waals surface area contributed by atoms with Crippen molar-refractivity contribution in [1.29, 1.82) is 0 Å². The molecule has 120 valence electrons. The predicted octanol–water partition coefficient (Wildman–Crippen LogP) is 2.97. The molecule has 0 saturated carbocycles. The van der Waals surface area contributed by atoms with Crippen LogP contribution < -0.4 is 10.1 Å². The summed E-state index contributed by atoms with van der Waals surface area (Å²) in [5.74, 6) is 1.09. The summed E-state index contributed by atoms with van der Waals surface area (Å²) in [4.78, 5) is 14.4. The molecule has 0 spiro atoms. The van der Waals surface area contributed by atoms with Crippen molar-refractivity contribution in [1.82, 2.24) is 10.2 Å². The normalized spacial score (nSPS) is 25.3. The lowest BCUT2D eigenvalue weighted by molar-refractivity contribution is -0.137. The van der Waals surface area contributed by atoms with Crippen LogP contribution in [0.1, 0.15) is 19.3 Å². The number of ether oxygens (including phenoxy) is 1. The molecule has 1 aromatic rings. The van der Waals surface area contributed by atoms with Crippen molar-refractivity contribution in [3.05, 3.63) is 28.2 Å². The van der Waals surface area contributed by atoms with E-state index in [9.17, 15) is 4.79 Å². The van der Waals surface area contributed by atoms with Crippen molar-refractivity contribution in [3.63, 3.8) is 0 Å². The van der Waals surface area contributed by atoms with Crippen LogP contribution in [0, 0.1) is 5.92 Å². The van der Waals surface area contributed by atoms with Crippen LogP contribution >= 0.6 is 23.2 Å². The van der Waals surface area contributed by atoms with E-state index >= 15 is 0 Å². The molecule has 2 atom stereocenters. The molecule has 2 unspecified atom stereocenters. The fourth-order valence-corrected chi connectivity index (χ4v) is 3.39. The minimum Gasteiger partial charge on any atom is -0.489 e. The van der Waals surface area contributed by atoms with Gasteiger partial charge in [0.25, 0.3) is 0 Å². The van der Waals surface area contributed by atoms with Gasteiger partial charge >= 0.3 is 0 Å². The molecule has 0 aromatic heterocycles. The highest BCUT2D eigenvalue weighted by Crippen LogP contribution is 2.28. The Labute approximate surface area is 140 Å². The Hall–Kier alpha value is -0.970. The Morgan fingerprint density at radius 1 is 1.27 bits per heavy atom. The second-order valence-electron chi connectivity index (χ2n) is 5.93. The molecule has 3 rings (SSSR count). The first-order chi connectivity index (χ1) is 10.6. The molecule has 1 aromatic carbocycles. The van der Waals surface area contributed by atoms with E-state index in [4.69, 9.17) is 27.9 Å². The highest BCUT2D eigenvalue weighted by atomic mass is 35.5. The van der Waals surface area contributed by atoms with Crippen LogP contribution in [0.3, 0.4) is 0 Å². The number of rotatable bonds is 3. The van der Waals surface area contributed by atoms with Crippen LogP contribution in [-0.4, -0.2) is 43.1 Å². The summed E-state index contributed by atoms with van der Waals surface area (Å²) in [5, 5.41) is 4.25. The van der Waals surface area contributed by atoms with Crippen molar-refractivity contribution >= 4 is 29.1 Å². The summed E-state index contributed by atoms with van der Waals surface area (Å²) < 4.78 is 5.98. The summed E-state index contributed by atoms with van der Waals surface area (Å²) in [5.41, 5.74) is 0. The molecule has 2 fully saturated rings. The van der Waals surface area contributed by atoms with E-state index in [1.165, 1.54) is 0 Å².